The molecule has 18 heavy (non-hydrogen) atoms. The molecule has 1 heteroatoms. The summed E-state index contributed by atoms with van der Waals surface area (Å²) in [6.07, 6.45) is 18.2. The highest BCUT2D eigenvalue weighted by atomic mass is 31.2. The number of allylic oxidation sites excluding steroid dienone is 8. The summed E-state index contributed by atoms with van der Waals surface area (Å²) in [5, 5.41) is 1.52. The summed E-state index contributed by atoms with van der Waals surface area (Å²) in [5.41, 5.74) is 1.16. The fraction of sp³-hybridized carbons (Fsp3) is 0.176. The maximum Gasteiger partial charge on any atom is 0.111 e. The van der Waals surface area contributed by atoms with E-state index in [1.807, 2.05) is 0 Å². The standard InChI is InChI=1S/C17H18P/c1-18(16-11-5-6-12-16,17-13-7-8-14-17)15-9-3-2-4-10-15/h2-14,16-17H,1H3/q+1. The first kappa shape index (κ1) is 11.7. The second kappa shape index (κ2) is 4.71. The largest absolute Gasteiger partial charge is 0.111 e. The summed E-state index contributed by atoms with van der Waals surface area (Å²) in [7, 11) is -1.26. The van der Waals surface area contributed by atoms with Gasteiger partial charge in [-0.05, 0) is 36.4 Å². The van der Waals surface area contributed by atoms with Gasteiger partial charge in [-0.15, -0.1) is 0 Å². The van der Waals surface area contributed by atoms with Crippen molar-refractivity contribution in [3.63, 3.8) is 0 Å². The van der Waals surface area contributed by atoms with Crippen LogP contribution >= 0.6 is 7.26 Å². The molecule has 0 atom stereocenters. The molecular formula is C17H18P+. The zero-order chi connectivity index (χ0) is 12.4. The molecule has 0 spiro atoms. The summed E-state index contributed by atoms with van der Waals surface area (Å²) in [4.78, 5) is 0. The van der Waals surface area contributed by atoms with Crippen LogP contribution in [0.1, 0.15) is 0 Å². The normalized spacial score (nSPS) is 19.2. The molecule has 0 radical (unpaired) electrons. The SMILES string of the molecule is C[P+](c1ccccc1)(C1C=CC=C1)C1C=CC=C1. The van der Waals surface area contributed by atoms with Gasteiger partial charge in [0.05, 0.1) is 19.2 Å². The van der Waals surface area contributed by atoms with E-state index in [4.69, 9.17) is 0 Å². The van der Waals surface area contributed by atoms with E-state index in [1.54, 1.807) is 0 Å². The Balaban J connectivity index is 2.08. The van der Waals surface area contributed by atoms with E-state index in [-0.39, 0.29) is 0 Å². The minimum atomic E-state index is -1.26. The van der Waals surface area contributed by atoms with Crippen molar-refractivity contribution >= 4 is 12.6 Å². The molecule has 1 aromatic rings. The van der Waals surface area contributed by atoms with Gasteiger partial charge in [0.15, 0.2) is 0 Å². The third-order valence-electron chi connectivity index (χ3n) is 4.01. The lowest BCUT2D eigenvalue weighted by molar-refractivity contribution is 1.30. The summed E-state index contributed by atoms with van der Waals surface area (Å²) < 4.78 is 0. The van der Waals surface area contributed by atoms with Crippen molar-refractivity contribution in [2.75, 3.05) is 6.66 Å². The summed E-state index contributed by atoms with van der Waals surface area (Å²) in [5.74, 6) is 0. The predicted molar refractivity (Wildman–Crippen MR) is 83.1 cm³/mol. The maximum atomic E-state index is 2.48. The molecule has 1 aromatic carbocycles. The van der Waals surface area contributed by atoms with Crippen molar-refractivity contribution in [2.45, 2.75) is 11.3 Å². The van der Waals surface area contributed by atoms with Crippen LogP contribution < -0.4 is 5.30 Å². The first-order valence-corrected chi connectivity index (χ1v) is 8.81. The molecule has 3 rings (SSSR count). The van der Waals surface area contributed by atoms with Gasteiger partial charge in [-0.3, -0.25) is 0 Å². The van der Waals surface area contributed by atoms with E-state index in [2.05, 4.69) is 85.6 Å². The highest BCUT2D eigenvalue weighted by Gasteiger charge is 2.47. The van der Waals surface area contributed by atoms with Crippen LogP contribution in [0.2, 0.25) is 0 Å². The fourth-order valence-electron chi connectivity index (χ4n) is 2.85. The minimum Gasteiger partial charge on any atom is -0.0622 e. The van der Waals surface area contributed by atoms with Crippen molar-refractivity contribution in [2.24, 2.45) is 0 Å². The number of hydrogen-bond donors (Lipinski definition) is 0. The molecule has 0 fully saturated rings. The van der Waals surface area contributed by atoms with Gasteiger partial charge in [0.2, 0.25) is 0 Å². The molecular weight excluding hydrogens is 235 g/mol. The molecule has 0 N–H and O–H groups in total. The van der Waals surface area contributed by atoms with E-state index in [1.165, 1.54) is 5.30 Å². The van der Waals surface area contributed by atoms with Crippen LogP contribution in [-0.2, 0) is 0 Å². The molecule has 0 nitrogen and oxygen atoms in total. The lowest BCUT2D eigenvalue weighted by atomic mass is 10.4. The van der Waals surface area contributed by atoms with E-state index >= 15 is 0 Å². The van der Waals surface area contributed by atoms with Gasteiger partial charge in [-0.25, -0.2) is 0 Å². The molecule has 0 aromatic heterocycles. The Morgan fingerprint density at radius 1 is 0.722 bits per heavy atom. The smallest absolute Gasteiger partial charge is 0.0622 e. The lowest BCUT2D eigenvalue weighted by Crippen LogP contribution is -2.26. The molecule has 0 heterocycles. The molecule has 0 bridgehead atoms. The van der Waals surface area contributed by atoms with Crippen LogP contribution in [0.5, 0.6) is 0 Å². The van der Waals surface area contributed by atoms with Gasteiger partial charge in [-0.2, -0.15) is 0 Å². The quantitative estimate of drug-likeness (QED) is 0.715. The van der Waals surface area contributed by atoms with Gasteiger partial charge < -0.3 is 0 Å². The zero-order valence-electron chi connectivity index (χ0n) is 10.6. The zero-order valence-corrected chi connectivity index (χ0v) is 11.5. The second-order valence-corrected chi connectivity index (χ2v) is 9.01. The third-order valence-corrected chi connectivity index (χ3v) is 8.58. The maximum absolute atomic E-state index is 2.48. The van der Waals surface area contributed by atoms with Gasteiger partial charge in [0.25, 0.3) is 0 Å². The van der Waals surface area contributed by atoms with Crippen molar-refractivity contribution in [3.8, 4) is 0 Å². The van der Waals surface area contributed by atoms with E-state index < -0.39 is 7.26 Å². The van der Waals surface area contributed by atoms with Gasteiger partial charge in [-0.1, -0.05) is 42.5 Å². The van der Waals surface area contributed by atoms with Crippen molar-refractivity contribution < 1.29 is 0 Å². The van der Waals surface area contributed by atoms with E-state index in [0.717, 1.165) is 0 Å². The first-order valence-electron chi connectivity index (χ1n) is 6.43. The fourth-order valence-corrected chi connectivity index (χ4v) is 6.58. The van der Waals surface area contributed by atoms with Gasteiger partial charge >= 0.3 is 0 Å². The average molecular weight is 253 g/mol. The predicted octanol–water partition coefficient (Wildman–Crippen LogP) is 3.95. The van der Waals surface area contributed by atoms with Crippen molar-refractivity contribution in [3.05, 3.63) is 78.9 Å². The second-order valence-electron chi connectivity index (χ2n) is 5.00. The van der Waals surface area contributed by atoms with Crippen molar-refractivity contribution in [1.29, 1.82) is 0 Å². The number of rotatable bonds is 3. The van der Waals surface area contributed by atoms with Crippen LogP contribution in [0.25, 0.3) is 0 Å². The van der Waals surface area contributed by atoms with Crippen LogP contribution in [0.4, 0.5) is 0 Å². The Morgan fingerprint density at radius 3 is 1.61 bits per heavy atom. The molecule has 0 unspecified atom stereocenters. The third kappa shape index (κ3) is 1.82. The molecule has 2 aliphatic rings. The number of hydrogen-bond acceptors (Lipinski definition) is 0. The van der Waals surface area contributed by atoms with Gasteiger partial charge in [0.1, 0.15) is 11.3 Å². The van der Waals surface area contributed by atoms with Crippen molar-refractivity contribution in [1.82, 2.24) is 0 Å². The number of benzene rings is 1. The van der Waals surface area contributed by atoms with E-state index in [9.17, 15) is 0 Å². The summed E-state index contributed by atoms with van der Waals surface area (Å²) in [6, 6.07) is 11.0. The molecule has 0 amide bonds. The molecule has 0 saturated carbocycles. The highest BCUT2D eigenvalue weighted by Crippen LogP contribution is 2.65. The molecule has 90 valence electrons. The van der Waals surface area contributed by atoms with Crippen LogP contribution in [0.3, 0.4) is 0 Å². The lowest BCUT2D eigenvalue weighted by Gasteiger charge is -2.31. The average Bonchev–Trinajstić information content (AvgIpc) is 3.12. The summed E-state index contributed by atoms with van der Waals surface area (Å²) in [6.45, 7) is 2.48. The topological polar surface area (TPSA) is 0 Å². The summed E-state index contributed by atoms with van der Waals surface area (Å²) >= 11 is 0. The molecule has 0 aliphatic heterocycles. The molecule has 0 saturated heterocycles. The highest BCUT2D eigenvalue weighted by molar-refractivity contribution is 7.84. The Labute approximate surface area is 110 Å². The monoisotopic (exact) mass is 253 g/mol. The Bertz CT molecular complexity index is 482. The van der Waals surface area contributed by atoms with E-state index in [0.29, 0.717) is 11.3 Å². The molecule has 2 aliphatic carbocycles. The minimum absolute atomic E-state index is 0.581. The first-order chi connectivity index (χ1) is 8.82. The van der Waals surface area contributed by atoms with Crippen LogP contribution in [0.15, 0.2) is 78.9 Å². The van der Waals surface area contributed by atoms with Crippen LogP contribution in [-0.4, -0.2) is 18.0 Å². The van der Waals surface area contributed by atoms with Gasteiger partial charge in [0, 0.05) is 0 Å². The Morgan fingerprint density at radius 2 is 1.17 bits per heavy atom. The Hall–Kier alpha value is -1.39. The Kier molecular flexibility index (Phi) is 3.06. The van der Waals surface area contributed by atoms with Crippen LogP contribution in [0, 0.1) is 0 Å².